The van der Waals surface area contributed by atoms with E-state index in [9.17, 15) is 29.4 Å². The van der Waals surface area contributed by atoms with Crippen LogP contribution in [0.4, 0.5) is 0 Å². The Morgan fingerprint density at radius 2 is 1.46 bits per heavy atom. The molecule has 4 atom stereocenters. The van der Waals surface area contributed by atoms with Gasteiger partial charge in [-0.2, -0.15) is 25.3 Å². The van der Waals surface area contributed by atoms with E-state index < -0.39 is 47.9 Å². The second kappa shape index (κ2) is 13.6. The highest BCUT2D eigenvalue weighted by Crippen LogP contribution is 2.11. The molecule has 1 aromatic heterocycles. The van der Waals surface area contributed by atoms with Crippen molar-refractivity contribution < 1.29 is 29.4 Å². The third-order valence-electron chi connectivity index (χ3n) is 4.95. The van der Waals surface area contributed by atoms with Crippen molar-refractivity contribution in [2.24, 2.45) is 5.73 Å². The van der Waals surface area contributed by atoms with Crippen molar-refractivity contribution in [1.82, 2.24) is 25.9 Å². The lowest BCUT2D eigenvalue weighted by molar-refractivity contribution is -0.142. The first-order valence-electron chi connectivity index (χ1n) is 10.5. The van der Waals surface area contributed by atoms with Gasteiger partial charge in [-0.25, -0.2) is 9.78 Å². The third-order valence-corrected chi connectivity index (χ3v) is 5.68. The summed E-state index contributed by atoms with van der Waals surface area (Å²) < 4.78 is 0. The van der Waals surface area contributed by atoms with Crippen molar-refractivity contribution in [2.75, 3.05) is 11.5 Å². The van der Waals surface area contributed by atoms with Gasteiger partial charge in [-0.1, -0.05) is 12.1 Å². The summed E-state index contributed by atoms with van der Waals surface area (Å²) in [6.45, 7) is 0. The number of thiol groups is 2. The molecule has 0 aliphatic heterocycles. The van der Waals surface area contributed by atoms with E-state index in [4.69, 9.17) is 5.73 Å². The summed E-state index contributed by atoms with van der Waals surface area (Å²) in [5, 5.41) is 26.2. The minimum Gasteiger partial charge on any atom is -0.508 e. The van der Waals surface area contributed by atoms with Gasteiger partial charge < -0.3 is 36.9 Å². The topological polar surface area (TPSA) is 200 Å². The Hall–Kier alpha value is -3.23. The lowest BCUT2D eigenvalue weighted by atomic mass is 10.1. The molecule has 2 aromatic rings. The van der Waals surface area contributed by atoms with Gasteiger partial charge in [0, 0.05) is 36.2 Å². The Morgan fingerprint density at radius 3 is 1.94 bits per heavy atom. The van der Waals surface area contributed by atoms with Crippen molar-refractivity contribution in [2.45, 2.75) is 37.0 Å². The number of benzene rings is 1. The summed E-state index contributed by atoms with van der Waals surface area (Å²) in [6.07, 6.45) is 3.11. The van der Waals surface area contributed by atoms with Crippen LogP contribution in [0.5, 0.6) is 5.75 Å². The molecule has 0 aliphatic rings. The summed E-state index contributed by atoms with van der Waals surface area (Å²) in [7, 11) is 0. The van der Waals surface area contributed by atoms with E-state index in [-0.39, 0.29) is 30.1 Å². The van der Waals surface area contributed by atoms with Gasteiger partial charge in [0.2, 0.25) is 17.7 Å². The molecule has 0 aliphatic carbocycles. The number of nitrogens with two attached hydrogens (primary N) is 1. The van der Waals surface area contributed by atoms with Gasteiger partial charge >= 0.3 is 5.97 Å². The number of H-pyrrole nitrogens is 1. The number of aromatic hydroxyl groups is 1. The van der Waals surface area contributed by atoms with Crippen LogP contribution < -0.4 is 21.7 Å². The molecule has 2 rings (SSSR count). The van der Waals surface area contributed by atoms with Crippen LogP contribution in [-0.4, -0.2) is 79.5 Å². The van der Waals surface area contributed by atoms with Gasteiger partial charge in [0.05, 0.1) is 12.4 Å². The molecular formula is C21H28N6O6S2. The van der Waals surface area contributed by atoms with E-state index in [1.807, 2.05) is 0 Å². The Balaban J connectivity index is 1.96. The van der Waals surface area contributed by atoms with Crippen LogP contribution >= 0.6 is 25.3 Å². The molecule has 12 nitrogen and oxygen atoms in total. The van der Waals surface area contributed by atoms with Gasteiger partial charge in [0.1, 0.15) is 23.9 Å². The number of nitrogens with zero attached hydrogens (tertiary/aromatic N) is 1. The largest absolute Gasteiger partial charge is 0.508 e. The zero-order valence-corrected chi connectivity index (χ0v) is 20.3. The van der Waals surface area contributed by atoms with Crippen LogP contribution in [0.3, 0.4) is 0 Å². The third kappa shape index (κ3) is 8.81. The van der Waals surface area contributed by atoms with E-state index in [1.54, 1.807) is 0 Å². The van der Waals surface area contributed by atoms with Crippen LogP contribution in [0.25, 0.3) is 0 Å². The molecule has 1 heterocycles. The Morgan fingerprint density at radius 1 is 0.914 bits per heavy atom. The summed E-state index contributed by atoms with van der Waals surface area (Å²) in [5.41, 5.74) is 7.10. The van der Waals surface area contributed by atoms with Crippen molar-refractivity contribution in [3.8, 4) is 5.75 Å². The Kier molecular flexibility index (Phi) is 10.9. The number of hydrogen-bond donors (Lipinski definition) is 9. The summed E-state index contributed by atoms with van der Waals surface area (Å²) in [6, 6.07) is 1.36. The molecule has 1 aromatic carbocycles. The number of aromatic amines is 1. The summed E-state index contributed by atoms with van der Waals surface area (Å²) >= 11 is 8.17. The zero-order chi connectivity index (χ0) is 26.0. The molecule has 0 saturated carbocycles. The van der Waals surface area contributed by atoms with E-state index in [0.717, 1.165) is 0 Å². The van der Waals surface area contributed by atoms with Crippen molar-refractivity contribution in [1.29, 1.82) is 0 Å². The molecular weight excluding hydrogens is 496 g/mol. The maximum Gasteiger partial charge on any atom is 0.326 e. The average molecular weight is 525 g/mol. The van der Waals surface area contributed by atoms with E-state index in [2.05, 4.69) is 51.2 Å². The average Bonchev–Trinajstić information content (AvgIpc) is 3.34. The fourth-order valence-electron chi connectivity index (χ4n) is 3.01. The number of hydrogen-bond acceptors (Lipinski definition) is 9. The first-order chi connectivity index (χ1) is 16.6. The predicted molar refractivity (Wildman–Crippen MR) is 133 cm³/mol. The number of imidazole rings is 1. The van der Waals surface area contributed by atoms with Crippen molar-refractivity contribution >= 4 is 48.9 Å². The summed E-state index contributed by atoms with van der Waals surface area (Å²) in [5.74, 6) is -3.52. The number of amides is 3. The molecule has 14 heteroatoms. The molecule has 0 fully saturated rings. The highest BCUT2D eigenvalue weighted by molar-refractivity contribution is 7.80. The quantitative estimate of drug-likeness (QED) is 0.143. The van der Waals surface area contributed by atoms with Crippen molar-refractivity contribution in [3.05, 3.63) is 48.0 Å². The monoisotopic (exact) mass is 524 g/mol. The molecule has 35 heavy (non-hydrogen) atoms. The number of carbonyl (C=O) groups excluding carboxylic acids is 3. The fraction of sp³-hybridized carbons (Fsp3) is 0.381. The smallest absolute Gasteiger partial charge is 0.326 e. The second-order valence-corrected chi connectivity index (χ2v) is 8.38. The minimum absolute atomic E-state index is 0.0237. The minimum atomic E-state index is -1.29. The highest BCUT2D eigenvalue weighted by Gasteiger charge is 2.29. The van der Waals surface area contributed by atoms with E-state index in [0.29, 0.717) is 11.3 Å². The Bertz CT molecular complexity index is 1000. The maximum absolute atomic E-state index is 12.7. The number of aliphatic carboxylic acids is 1. The lowest BCUT2D eigenvalue weighted by Crippen LogP contribution is -2.58. The molecule has 190 valence electrons. The van der Waals surface area contributed by atoms with E-state index >= 15 is 0 Å². The number of phenolic OH excluding ortho intramolecular Hbond substituents is 1. The number of carboxylic acid groups (broad SMARTS) is 1. The standard InChI is InChI=1S/C21H28N6O6S2/c22-14(6-12-7-23-10-24-12)18(29)26-16(8-34)20(31)27-17(9-35)19(30)25-15(21(32)33)5-11-1-3-13(28)4-2-11/h1-4,7,10,14-17,28,34-35H,5-6,8-9,22H2,(H,23,24)(H,25,30)(H,26,29)(H,27,31)(H,32,33). The SMILES string of the molecule is NC(Cc1cnc[nH]1)C(=O)NC(CS)C(=O)NC(CS)C(=O)NC(Cc1ccc(O)cc1)C(=O)O. The molecule has 4 unspecified atom stereocenters. The normalized spacial score (nSPS) is 14.3. The predicted octanol–water partition coefficient (Wildman–Crippen LogP) is -1.37. The van der Waals surface area contributed by atoms with E-state index in [1.165, 1.54) is 36.8 Å². The lowest BCUT2D eigenvalue weighted by Gasteiger charge is -2.23. The van der Waals surface area contributed by atoms with Gasteiger partial charge in [-0.3, -0.25) is 14.4 Å². The molecule has 8 N–H and O–H groups in total. The van der Waals surface area contributed by atoms with Crippen LogP contribution in [0, 0.1) is 0 Å². The number of phenols is 1. The van der Waals surface area contributed by atoms with Gasteiger partial charge in [0.25, 0.3) is 0 Å². The molecule has 3 amide bonds. The molecule has 0 spiro atoms. The van der Waals surface area contributed by atoms with Crippen LogP contribution in [0.2, 0.25) is 0 Å². The number of carbonyl (C=O) groups is 4. The number of nitrogens with one attached hydrogen (secondary N) is 4. The molecule has 0 bridgehead atoms. The fourth-order valence-corrected chi connectivity index (χ4v) is 3.52. The number of aromatic nitrogens is 2. The second-order valence-electron chi connectivity index (χ2n) is 7.64. The van der Waals surface area contributed by atoms with Crippen LogP contribution in [-0.2, 0) is 32.0 Å². The summed E-state index contributed by atoms with van der Waals surface area (Å²) in [4.78, 5) is 56.1. The zero-order valence-electron chi connectivity index (χ0n) is 18.5. The van der Waals surface area contributed by atoms with Crippen LogP contribution in [0.15, 0.2) is 36.8 Å². The van der Waals surface area contributed by atoms with Gasteiger partial charge in [0.15, 0.2) is 0 Å². The first kappa shape index (κ1) is 28.0. The highest BCUT2D eigenvalue weighted by atomic mass is 32.1. The molecule has 0 saturated heterocycles. The van der Waals surface area contributed by atoms with Gasteiger partial charge in [-0.15, -0.1) is 0 Å². The maximum atomic E-state index is 12.7. The van der Waals surface area contributed by atoms with Gasteiger partial charge in [-0.05, 0) is 17.7 Å². The number of carboxylic acids is 1. The van der Waals surface area contributed by atoms with Crippen molar-refractivity contribution in [3.63, 3.8) is 0 Å². The molecule has 0 radical (unpaired) electrons. The number of rotatable bonds is 13. The van der Waals surface area contributed by atoms with Crippen LogP contribution in [0.1, 0.15) is 11.3 Å². The first-order valence-corrected chi connectivity index (χ1v) is 11.8. The Labute approximate surface area is 212 Å².